The molecule has 0 radical (unpaired) electrons. The summed E-state index contributed by atoms with van der Waals surface area (Å²) in [7, 11) is 0. The fourth-order valence-electron chi connectivity index (χ4n) is 11.8. The molecule has 0 fully saturated rings. The zero-order chi connectivity index (χ0) is 110. The molecule has 14 aromatic rings. The molecule has 0 spiro atoms. The predicted octanol–water partition coefficient (Wildman–Crippen LogP) is 12.5. The van der Waals surface area contributed by atoms with Crippen LogP contribution in [0.1, 0.15) is 145 Å². The first-order chi connectivity index (χ1) is 70.7. The maximum absolute atomic E-state index is 11.9. The van der Waals surface area contributed by atoms with Crippen molar-refractivity contribution in [1.82, 2.24) is 32.6 Å². The molecule has 30 N–H and O–H groups in total. The molecule has 0 unspecified atom stereocenters. The summed E-state index contributed by atoms with van der Waals surface area (Å²) in [5, 5.41) is 247. The van der Waals surface area contributed by atoms with E-state index in [1.807, 2.05) is 93.6 Å². The molecule has 44 heteroatoms. The van der Waals surface area contributed by atoms with Crippen molar-refractivity contribution in [2.45, 2.75) is 41.5 Å². The smallest absolute Gasteiger partial charge is 0.271 e. The Balaban J connectivity index is 0.000000212. The third kappa shape index (κ3) is 33.9. The third-order valence-corrected chi connectivity index (χ3v) is 19.9. The topological polar surface area (TPSA) is 764 Å². The highest BCUT2D eigenvalue weighted by Crippen LogP contribution is 2.41. The largest absolute Gasteiger partial charge is 0.507 e. The number of nitrogens with zero attached hydrogens (tertiary/aromatic N) is 7. The van der Waals surface area contributed by atoms with Crippen molar-refractivity contribution in [3.05, 3.63) is 354 Å². The van der Waals surface area contributed by atoms with Crippen LogP contribution in [0.3, 0.4) is 0 Å². The number of phenols is 24. The number of carbonyl (C=O) groups excluding carboxylic acids is 7. The summed E-state index contributed by atoms with van der Waals surface area (Å²) >= 11 is 0. The van der Waals surface area contributed by atoms with Gasteiger partial charge < -0.3 is 123 Å². The summed E-state index contributed by atoms with van der Waals surface area (Å²) in [4.78, 5) is 86.6. The Morgan fingerprint density at radius 3 is 0.758 bits per heavy atom. The molecule has 44 nitrogen and oxygen atoms in total. The lowest BCUT2D eigenvalue weighted by Gasteiger charge is -2.05. The SMILES string of the molecule is Cc1ccc(/C=N/NC(=O)c2cc(O)c(O)c(O)c2)cc1.Cc1ccc(C=NCC(=O)c2cc(O)c(O)c(O)c2)cc1.Cc1cccc(/C=N/NC(=O)c2cc(O)c(O)c(O)c2)c1.Cc1cccc(/C=N/NC(=O)c2cc(O)c(O)c(O)c2)c1O.Cc1cccc(/C=N/NC(=O)c2cc(O)c(O)c(O)c2)c1O.Cc1cccc(/C=N/NC(=O)c2ccc(O)c(O)c2)c1O.O=C(N/N=C/c1ccccc1O)c1cc(O)c(O)c(O)c1. The van der Waals surface area contributed by atoms with Crippen molar-refractivity contribution in [1.29, 1.82) is 0 Å². The summed E-state index contributed by atoms with van der Waals surface area (Å²) in [5.41, 5.74) is 22.9. The number of para-hydroxylation sites is 4. The molecular weight excluding hydrogens is 1940 g/mol. The van der Waals surface area contributed by atoms with Gasteiger partial charge in [0, 0.05) is 67.4 Å². The Bertz CT molecular complexity index is 7090. The number of benzene rings is 14. The van der Waals surface area contributed by atoms with E-state index in [2.05, 4.69) is 68.2 Å². The Hall–Kier alpha value is -21.5. The van der Waals surface area contributed by atoms with Gasteiger partial charge in [0.05, 0.1) is 37.3 Å². The summed E-state index contributed by atoms with van der Waals surface area (Å²) in [5.74, 6) is -16.0. The molecule has 14 aromatic carbocycles. The van der Waals surface area contributed by atoms with Crippen molar-refractivity contribution >= 4 is 84.7 Å². The van der Waals surface area contributed by atoms with Crippen molar-refractivity contribution in [2.24, 2.45) is 35.6 Å². The van der Waals surface area contributed by atoms with Gasteiger partial charge in [-0.25, -0.2) is 32.6 Å². The maximum atomic E-state index is 11.9. The minimum atomic E-state index is -0.704. The average Bonchev–Trinajstić information content (AvgIpc) is 0.849. The molecule has 0 aliphatic heterocycles. The molecule has 0 aromatic heterocycles. The number of aromatic hydroxyl groups is 24. The number of aliphatic imine (C=N–C) groups is 1. The highest BCUT2D eigenvalue weighted by atomic mass is 16.4. The number of amides is 6. The molecular formula is C105H97N13O31. The number of ketones is 1. The van der Waals surface area contributed by atoms with Gasteiger partial charge in [-0.05, 0) is 196 Å². The molecule has 0 atom stereocenters. The van der Waals surface area contributed by atoms with Gasteiger partial charge >= 0.3 is 0 Å². The number of nitrogens with one attached hydrogen (secondary N) is 6. The molecule has 149 heavy (non-hydrogen) atoms. The number of hydrogen-bond acceptors (Lipinski definition) is 38. The lowest BCUT2D eigenvalue weighted by molar-refractivity contribution is 0.0946. The first-order valence-corrected chi connectivity index (χ1v) is 43.1. The second kappa shape index (κ2) is 53.7. The zero-order valence-electron chi connectivity index (χ0n) is 79.1. The molecule has 0 saturated heterocycles. The Kier molecular flexibility index (Phi) is 40.7. The van der Waals surface area contributed by atoms with Crippen LogP contribution in [0.25, 0.3) is 0 Å². The van der Waals surface area contributed by atoms with Gasteiger partial charge in [0.2, 0.25) is 0 Å². The van der Waals surface area contributed by atoms with Crippen LogP contribution in [0.2, 0.25) is 0 Å². The summed E-state index contributed by atoms with van der Waals surface area (Å²) in [6.07, 6.45) is 9.62. The molecule has 0 aliphatic rings. The summed E-state index contributed by atoms with van der Waals surface area (Å²) in [6, 6.07) is 60.4. The average molecular weight is 2040 g/mol. The molecule has 0 heterocycles. The van der Waals surface area contributed by atoms with E-state index in [1.165, 1.54) is 55.5 Å². The van der Waals surface area contributed by atoms with Gasteiger partial charge in [-0.2, -0.15) is 30.6 Å². The van der Waals surface area contributed by atoms with Gasteiger partial charge in [0.15, 0.2) is 121 Å². The number of hydrazone groups is 6. The van der Waals surface area contributed by atoms with E-state index in [0.717, 1.165) is 112 Å². The normalized spacial score (nSPS) is 10.8. The molecule has 768 valence electrons. The standard InChI is InChI=1S/C16H15NO4.2C15H14N2O5.3C15H14N2O4.C14H12N2O5/c1-10-2-4-11(5-3-10)8-17-9-15(20)12-6-13(18)16(21)14(19)7-12;2*1-8-3-2-4-9(13(8)20)7-16-17-15(22)10-5-11(18)14(21)12(19)6-10;1-9-2-4-10(5-3-9)8-16-17-15(21)11-6-12(18)14(20)13(19)7-11;1-9-3-2-4-10(5-9)8-16-17-15(21)11-6-12(18)14(20)13(19)7-11;1-9-3-2-4-11(14(9)20)8-16-17-15(21)10-5-6-12(18)13(19)7-10;17-10-4-2-1-3-8(10)7-15-16-14(21)9-5-11(18)13(20)12(19)6-9/h2-8,18-19,21H,9H2,1H3;2*2-7,18-21H,1H3,(H,17,22);3*2-8,18-20H,1H3,(H,17,21);1-7,17-20H,(H,16,21)/b;2*16-7+;3*16-8+;15-7+. The van der Waals surface area contributed by atoms with Crippen molar-refractivity contribution in [3.63, 3.8) is 0 Å². The summed E-state index contributed by atoms with van der Waals surface area (Å²) in [6.45, 7) is 11.0. The first-order valence-electron chi connectivity index (χ1n) is 43.1. The van der Waals surface area contributed by atoms with E-state index in [4.69, 9.17) is 5.11 Å². The highest BCUT2D eigenvalue weighted by molar-refractivity contribution is 6.02. The van der Waals surface area contributed by atoms with E-state index in [9.17, 15) is 151 Å². The van der Waals surface area contributed by atoms with Gasteiger partial charge in [0.1, 0.15) is 29.5 Å². The van der Waals surface area contributed by atoms with Gasteiger partial charge in [-0.3, -0.25) is 38.6 Å². The van der Waals surface area contributed by atoms with Gasteiger partial charge in [-0.1, -0.05) is 138 Å². The van der Waals surface area contributed by atoms with Crippen LogP contribution in [0, 0.1) is 41.5 Å². The zero-order valence-corrected chi connectivity index (χ0v) is 79.1. The number of hydrogen-bond donors (Lipinski definition) is 30. The predicted molar refractivity (Wildman–Crippen MR) is 546 cm³/mol. The maximum Gasteiger partial charge on any atom is 0.271 e. The van der Waals surface area contributed by atoms with Crippen molar-refractivity contribution in [3.8, 4) is 138 Å². The van der Waals surface area contributed by atoms with Crippen LogP contribution in [-0.4, -0.2) is 214 Å². The van der Waals surface area contributed by atoms with Crippen molar-refractivity contribution in [2.75, 3.05) is 6.54 Å². The lowest BCUT2D eigenvalue weighted by Crippen LogP contribution is -2.17. The van der Waals surface area contributed by atoms with Gasteiger partial charge in [0.25, 0.3) is 35.4 Å². The van der Waals surface area contributed by atoms with E-state index < -0.39 is 139 Å². The summed E-state index contributed by atoms with van der Waals surface area (Å²) < 4.78 is 0. The number of carbonyl (C=O) groups is 7. The van der Waals surface area contributed by atoms with Crippen LogP contribution in [0.15, 0.2) is 278 Å². The molecule has 0 saturated carbocycles. The Morgan fingerprint density at radius 1 is 0.201 bits per heavy atom. The van der Waals surface area contributed by atoms with E-state index >= 15 is 0 Å². The number of Topliss-reactive ketones (excluding diaryl/α,β-unsaturated/α-hetero) is 1. The van der Waals surface area contributed by atoms with Crippen molar-refractivity contribution < 1.29 is 156 Å². The minimum absolute atomic E-state index is 0.00965. The minimum Gasteiger partial charge on any atom is -0.507 e. The molecule has 6 amide bonds. The first kappa shape index (κ1) is 113. The van der Waals surface area contributed by atoms with Gasteiger partial charge in [-0.15, -0.1) is 0 Å². The fourth-order valence-corrected chi connectivity index (χ4v) is 11.8. The van der Waals surface area contributed by atoms with Crippen LogP contribution < -0.4 is 32.6 Å². The van der Waals surface area contributed by atoms with Crippen LogP contribution in [-0.2, 0) is 0 Å². The Labute approximate surface area is 844 Å². The third-order valence-electron chi connectivity index (χ3n) is 19.9. The lowest BCUT2D eigenvalue weighted by atomic mass is 10.1. The number of rotatable bonds is 22. The quantitative estimate of drug-likeness (QED) is 0.0130. The monoisotopic (exact) mass is 2040 g/mol. The second-order valence-corrected chi connectivity index (χ2v) is 31.3. The molecule has 14 rings (SSSR count). The molecule has 0 bridgehead atoms. The second-order valence-electron chi connectivity index (χ2n) is 31.3. The van der Waals surface area contributed by atoms with E-state index in [-0.39, 0.29) is 85.8 Å². The number of phenolic OH excluding ortho intramolecular Hbond substituents is 24. The fraction of sp³-hybridized carbons (Fsp3) is 0.0667. The number of aryl methyl sites for hydroxylation is 6. The van der Waals surface area contributed by atoms with Crippen LogP contribution in [0.5, 0.6) is 138 Å². The highest BCUT2D eigenvalue weighted by Gasteiger charge is 2.21. The molecule has 0 aliphatic carbocycles. The van der Waals surface area contributed by atoms with E-state index in [1.54, 1.807) is 99.8 Å². The Morgan fingerprint density at radius 2 is 0.456 bits per heavy atom. The van der Waals surface area contributed by atoms with Crippen LogP contribution in [0.4, 0.5) is 0 Å². The van der Waals surface area contributed by atoms with E-state index in [0.29, 0.717) is 38.9 Å². The van der Waals surface area contributed by atoms with Crippen LogP contribution >= 0.6 is 0 Å².